The zero-order chi connectivity index (χ0) is 13.9. The Balaban J connectivity index is 1.75. The summed E-state index contributed by atoms with van der Waals surface area (Å²) in [6.07, 6.45) is 0.407. The van der Waals surface area contributed by atoms with Crippen molar-refractivity contribution in [1.82, 2.24) is 20.8 Å². The van der Waals surface area contributed by atoms with E-state index in [9.17, 15) is 4.79 Å². The highest BCUT2D eigenvalue weighted by molar-refractivity contribution is 5.82. The topological polar surface area (TPSA) is 80.0 Å². The maximum absolute atomic E-state index is 11.7. The number of aromatic nitrogens is 2. The van der Waals surface area contributed by atoms with Crippen molar-refractivity contribution >= 4 is 5.91 Å². The Kier molecular flexibility index (Phi) is 3.47. The van der Waals surface area contributed by atoms with Gasteiger partial charge in [0, 0.05) is 18.7 Å². The molecular formula is C14H16N4O2. The van der Waals surface area contributed by atoms with E-state index in [1.165, 1.54) is 0 Å². The molecule has 1 saturated heterocycles. The normalized spacial score (nSPS) is 18.9. The van der Waals surface area contributed by atoms with E-state index in [-0.39, 0.29) is 11.9 Å². The van der Waals surface area contributed by atoms with Crippen LogP contribution < -0.4 is 10.6 Å². The van der Waals surface area contributed by atoms with Crippen LogP contribution in [0.5, 0.6) is 0 Å². The van der Waals surface area contributed by atoms with Gasteiger partial charge in [0.1, 0.15) is 0 Å². The van der Waals surface area contributed by atoms with Gasteiger partial charge in [0.25, 0.3) is 0 Å². The quantitative estimate of drug-likeness (QED) is 0.858. The van der Waals surface area contributed by atoms with E-state index in [1.54, 1.807) is 0 Å². The minimum absolute atomic E-state index is 0.0217. The molecule has 2 aromatic rings. The third kappa shape index (κ3) is 2.70. The van der Waals surface area contributed by atoms with Crippen molar-refractivity contribution in [1.29, 1.82) is 0 Å². The highest BCUT2D eigenvalue weighted by Gasteiger charge is 2.24. The SMILES string of the molecule is Cc1cccc(-c2noc(CC3NCCNC3=O)n2)c1. The van der Waals surface area contributed by atoms with Crippen LogP contribution in [0.3, 0.4) is 0 Å². The van der Waals surface area contributed by atoms with E-state index in [0.29, 0.717) is 24.7 Å². The predicted molar refractivity (Wildman–Crippen MR) is 73.0 cm³/mol. The fraction of sp³-hybridized carbons (Fsp3) is 0.357. The molecule has 0 saturated carbocycles. The number of carbonyl (C=O) groups is 1. The number of benzene rings is 1. The van der Waals surface area contributed by atoms with Crippen LogP contribution in [0.2, 0.25) is 0 Å². The van der Waals surface area contributed by atoms with Gasteiger partial charge in [0.2, 0.25) is 17.6 Å². The molecule has 1 amide bonds. The van der Waals surface area contributed by atoms with Gasteiger partial charge < -0.3 is 15.2 Å². The Morgan fingerprint density at radius 2 is 2.30 bits per heavy atom. The van der Waals surface area contributed by atoms with Gasteiger partial charge in [-0.05, 0) is 13.0 Å². The molecule has 1 atom stereocenters. The third-order valence-corrected chi connectivity index (χ3v) is 3.25. The first-order valence-corrected chi connectivity index (χ1v) is 6.63. The molecule has 1 aliphatic heterocycles. The maximum atomic E-state index is 11.7. The van der Waals surface area contributed by atoms with Gasteiger partial charge in [-0.1, -0.05) is 28.9 Å². The summed E-state index contributed by atoms with van der Waals surface area (Å²) in [5.41, 5.74) is 2.06. The molecule has 0 radical (unpaired) electrons. The van der Waals surface area contributed by atoms with Gasteiger partial charge in [-0.2, -0.15) is 4.98 Å². The summed E-state index contributed by atoms with van der Waals surface area (Å²) in [6, 6.07) is 7.61. The van der Waals surface area contributed by atoms with Gasteiger partial charge in [0.05, 0.1) is 12.5 Å². The molecule has 1 aromatic carbocycles. The molecule has 0 spiro atoms. The second-order valence-electron chi connectivity index (χ2n) is 4.88. The molecule has 1 fully saturated rings. The van der Waals surface area contributed by atoms with Crippen molar-refractivity contribution < 1.29 is 9.32 Å². The van der Waals surface area contributed by atoms with Crippen LogP contribution in [0.1, 0.15) is 11.5 Å². The Labute approximate surface area is 116 Å². The fourth-order valence-electron chi connectivity index (χ4n) is 2.23. The van der Waals surface area contributed by atoms with Crippen molar-refractivity contribution in [3.05, 3.63) is 35.7 Å². The Morgan fingerprint density at radius 1 is 1.40 bits per heavy atom. The molecule has 6 heteroatoms. The molecule has 0 bridgehead atoms. The lowest BCUT2D eigenvalue weighted by Gasteiger charge is -2.21. The number of amides is 1. The third-order valence-electron chi connectivity index (χ3n) is 3.25. The number of nitrogens with zero attached hydrogens (tertiary/aromatic N) is 2. The van der Waals surface area contributed by atoms with Crippen LogP contribution in [-0.4, -0.2) is 35.2 Å². The first-order chi connectivity index (χ1) is 9.72. The summed E-state index contributed by atoms with van der Waals surface area (Å²) in [5.74, 6) is 1.00. The fourth-order valence-corrected chi connectivity index (χ4v) is 2.23. The van der Waals surface area contributed by atoms with Gasteiger partial charge in [0.15, 0.2) is 0 Å². The molecule has 1 aliphatic rings. The lowest BCUT2D eigenvalue weighted by molar-refractivity contribution is -0.124. The van der Waals surface area contributed by atoms with Crippen LogP contribution in [0.15, 0.2) is 28.8 Å². The molecule has 1 aromatic heterocycles. The lowest BCUT2D eigenvalue weighted by Crippen LogP contribution is -2.53. The van der Waals surface area contributed by atoms with E-state index < -0.39 is 0 Å². The van der Waals surface area contributed by atoms with Crippen LogP contribution in [0.4, 0.5) is 0 Å². The molecule has 6 nitrogen and oxygen atoms in total. The molecule has 20 heavy (non-hydrogen) atoms. The zero-order valence-corrected chi connectivity index (χ0v) is 11.2. The van der Waals surface area contributed by atoms with E-state index in [1.807, 2.05) is 31.2 Å². The molecular weight excluding hydrogens is 256 g/mol. The second kappa shape index (κ2) is 5.42. The van der Waals surface area contributed by atoms with Crippen molar-refractivity contribution in [2.75, 3.05) is 13.1 Å². The second-order valence-corrected chi connectivity index (χ2v) is 4.88. The van der Waals surface area contributed by atoms with E-state index >= 15 is 0 Å². The molecule has 0 aliphatic carbocycles. The van der Waals surface area contributed by atoms with Crippen LogP contribution >= 0.6 is 0 Å². The highest BCUT2D eigenvalue weighted by atomic mass is 16.5. The minimum atomic E-state index is -0.297. The monoisotopic (exact) mass is 272 g/mol. The number of hydrogen-bond donors (Lipinski definition) is 2. The van der Waals surface area contributed by atoms with Gasteiger partial charge in [-0.25, -0.2) is 0 Å². The number of hydrogen-bond acceptors (Lipinski definition) is 5. The van der Waals surface area contributed by atoms with Gasteiger partial charge in [-0.15, -0.1) is 0 Å². The Morgan fingerprint density at radius 3 is 3.10 bits per heavy atom. The minimum Gasteiger partial charge on any atom is -0.353 e. The van der Waals surface area contributed by atoms with Crippen LogP contribution in [-0.2, 0) is 11.2 Å². The number of piperazine rings is 1. The van der Waals surface area contributed by atoms with Crippen molar-refractivity contribution in [3.8, 4) is 11.4 Å². The number of aryl methyl sites for hydroxylation is 1. The molecule has 104 valence electrons. The first-order valence-electron chi connectivity index (χ1n) is 6.63. The standard InChI is InChI=1S/C14H16N4O2/c1-9-3-2-4-10(7-9)13-17-12(20-18-13)8-11-14(19)16-6-5-15-11/h2-4,7,11,15H,5-6,8H2,1H3,(H,16,19). The number of carbonyl (C=O) groups excluding carboxylic acids is 1. The smallest absolute Gasteiger partial charge is 0.237 e. The maximum Gasteiger partial charge on any atom is 0.237 e. The summed E-state index contributed by atoms with van der Waals surface area (Å²) in [4.78, 5) is 16.0. The zero-order valence-electron chi connectivity index (χ0n) is 11.2. The number of nitrogens with one attached hydrogen (secondary N) is 2. The van der Waals surface area contributed by atoms with Gasteiger partial charge in [-0.3, -0.25) is 4.79 Å². The van der Waals surface area contributed by atoms with Gasteiger partial charge >= 0.3 is 0 Å². The average molecular weight is 272 g/mol. The average Bonchev–Trinajstić information content (AvgIpc) is 2.90. The van der Waals surface area contributed by atoms with E-state index in [0.717, 1.165) is 17.7 Å². The van der Waals surface area contributed by atoms with Crippen molar-refractivity contribution in [2.45, 2.75) is 19.4 Å². The first kappa shape index (κ1) is 12.8. The lowest BCUT2D eigenvalue weighted by atomic mass is 10.1. The summed E-state index contributed by atoms with van der Waals surface area (Å²) in [5, 5.41) is 9.92. The van der Waals surface area contributed by atoms with Crippen LogP contribution in [0, 0.1) is 6.92 Å². The van der Waals surface area contributed by atoms with Crippen molar-refractivity contribution in [3.63, 3.8) is 0 Å². The van der Waals surface area contributed by atoms with E-state index in [4.69, 9.17) is 4.52 Å². The van der Waals surface area contributed by atoms with E-state index in [2.05, 4.69) is 20.8 Å². The predicted octanol–water partition coefficient (Wildman–Crippen LogP) is 0.676. The highest BCUT2D eigenvalue weighted by Crippen LogP contribution is 2.17. The largest absolute Gasteiger partial charge is 0.353 e. The number of rotatable bonds is 3. The summed E-state index contributed by atoms with van der Waals surface area (Å²) >= 11 is 0. The van der Waals surface area contributed by atoms with Crippen molar-refractivity contribution in [2.24, 2.45) is 0 Å². The summed E-state index contributed by atoms with van der Waals surface area (Å²) in [6.45, 7) is 3.43. The Bertz CT molecular complexity index is 623. The Hall–Kier alpha value is -2.21. The molecule has 1 unspecified atom stereocenters. The van der Waals surface area contributed by atoms with Crippen LogP contribution in [0.25, 0.3) is 11.4 Å². The summed E-state index contributed by atoms with van der Waals surface area (Å²) < 4.78 is 5.23. The molecule has 3 rings (SSSR count). The molecule has 2 N–H and O–H groups in total. The molecule has 2 heterocycles. The summed E-state index contributed by atoms with van der Waals surface area (Å²) in [7, 11) is 0.